The van der Waals surface area contributed by atoms with E-state index in [0.29, 0.717) is 13.0 Å². The lowest BCUT2D eigenvalue weighted by atomic mass is 9.91. The first-order valence-electron chi connectivity index (χ1n) is 8.14. The van der Waals surface area contributed by atoms with Crippen LogP contribution in [-0.4, -0.2) is 24.8 Å². The van der Waals surface area contributed by atoms with Crippen molar-refractivity contribution < 1.29 is 19.4 Å². The van der Waals surface area contributed by atoms with E-state index in [9.17, 15) is 9.90 Å². The molecule has 0 saturated carbocycles. The van der Waals surface area contributed by atoms with Crippen LogP contribution in [0.1, 0.15) is 36.0 Å². The molecule has 2 aromatic rings. The summed E-state index contributed by atoms with van der Waals surface area (Å²) in [6.45, 7) is 4.66. The van der Waals surface area contributed by atoms with E-state index in [1.54, 1.807) is 7.11 Å². The highest BCUT2D eigenvalue weighted by Crippen LogP contribution is 2.27. The fourth-order valence-corrected chi connectivity index (χ4v) is 2.64. The van der Waals surface area contributed by atoms with Crippen LogP contribution in [0.15, 0.2) is 42.5 Å². The van der Waals surface area contributed by atoms with Gasteiger partial charge in [0.25, 0.3) is 0 Å². The number of hydrogen-bond donors (Lipinski definition) is 1. The molecular weight excluding hydrogens is 304 g/mol. The molecule has 4 nitrogen and oxygen atoms in total. The summed E-state index contributed by atoms with van der Waals surface area (Å²) in [6.07, 6.45) is 1.40. The molecule has 1 N–H and O–H groups in total. The molecule has 0 saturated heterocycles. The molecule has 0 bridgehead atoms. The van der Waals surface area contributed by atoms with Crippen molar-refractivity contribution in [1.82, 2.24) is 0 Å². The predicted octanol–water partition coefficient (Wildman–Crippen LogP) is 4.20. The van der Waals surface area contributed by atoms with E-state index in [1.165, 1.54) is 0 Å². The summed E-state index contributed by atoms with van der Waals surface area (Å²) < 4.78 is 10.8. The molecule has 0 fully saturated rings. The second-order valence-corrected chi connectivity index (χ2v) is 5.82. The topological polar surface area (TPSA) is 55.8 Å². The van der Waals surface area contributed by atoms with E-state index in [0.717, 1.165) is 34.6 Å². The molecule has 0 aliphatic heterocycles. The highest BCUT2D eigenvalue weighted by atomic mass is 16.5. The zero-order valence-electron chi connectivity index (χ0n) is 14.4. The molecule has 0 spiro atoms. The maximum atomic E-state index is 11.7. The normalized spacial score (nSPS) is 11.8. The Morgan fingerprint density at radius 3 is 2.42 bits per heavy atom. The molecule has 1 unspecified atom stereocenters. The van der Waals surface area contributed by atoms with Gasteiger partial charge in [-0.1, -0.05) is 31.2 Å². The summed E-state index contributed by atoms with van der Waals surface area (Å²) in [5.74, 6) is 0.163. The largest absolute Gasteiger partial charge is 0.496 e. The Morgan fingerprint density at radius 2 is 1.88 bits per heavy atom. The van der Waals surface area contributed by atoms with Crippen molar-refractivity contribution in [2.75, 3.05) is 13.7 Å². The second-order valence-electron chi connectivity index (χ2n) is 5.82. The van der Waals surface area contributed by atoms with Crippen LogP contribution in [0.5, 0.6) is 11.5 Å². The maximum Gasteiger partial charge on any atom is 0.311 e. The van der Waals surface area contributed by atoms with Crippen molar-refractivity contribution in [2.45, 2.75) is 32.6 Å². The Balaban J connectivity index is 2.16. The third-order valence-corrected chi connectivity index (χ3v) is 3.96. The Kier molecular flexibility index (Phi) is 6.24. The molecule has 128 valence electrons. The second kappa shape index (κ2) is 8.39. The highest BCUT2D eigenvalue weighted by Gasteiger charge is 2.21. The van der Waals surface area contributed by atoms with Gasteiger partial charge in [0.15, 0.2) is 0 Å². The molecule has 0 radical (unpaired) electrons. The zero-order chi connectivity index (χ0) is 17.5. The molecular formula is C20H24O4. The number of rotatable bonds is 8. The molecule has 0 aliphatic carbocycles. The maximum absolute atomic E-state index is 11.7. The monoisotopic (exact) mass is 328 g/mol. The lowest BCUT2D eigenvalue weighted by Gasteiger charge is -2.15. The summed E-state index contributed by atoms with van der Waals surface area (Å²) >= 11 is 0. The van der Waals surface area contributed by atoms with Crippen molar-refractivity contribution in [3.8, 4) is 11.5 Å². The van der Waals surface area contributed by atoms with Crippen LogP contribution < -0.4 is 9.47 Å². The number of aliphatic carboxylic acids is 1. The van der Waals surface area contributed by atoms with Crippen molar-refractivity contribution in [3.63, 3.8) is 0 Å². The number of methoxy groups -OCH3 is 1. The molecule has 4 heteroatoms. The summed E-state index contributed by atoms with van der Waals surface area (Å²) in [7, 11) is 1.61. The molecule has 0 amide bonds. The first-order valence-corrected chi connectivity index (χ1v) is 8.14. The standard InChI is InChI=1S/C20H24O4/c1-4-11-24-17-8-5-15(6-9-17)13-18(20(21)22)16-7-10-19(23-3)14(2)12-16/h5-10,12,18H,4,11,13H2,1-3H3,(H,21,22). The van der Waals surface area contributed by atoms with Crippen molar-refractivity contribution in [2.24, 2.45) is 0 Å². The van der Waals surface area contributed by atoms with E-state index in [4.69, 9.17) is 9.47 Å². The van der Waals surface area contributed by atoms with Gasteiger partial charge < -0.3 is 14.6 Å². The Labute approximate surface area is 143 Å². The van der Waals surface area contributed by atoms with Crippen LogP contribution in [0.2, 0.25) is 0 Å². The van der Waals surface area contributed by atoms with Crippen LogP contribution in [-0.2, 0) is 11.2 Å². The number of carboxylic acid groups (broad SMARTS) is 1. The Bertz CT molecular complexity index is 677. The molecule has 0 aromatic heterocycles. The summed E-state index contributed by atoms with van der Waals surface area (Å²) in [4.78, 5) is 11.7. The van der Waals surface area contributed by atoms with E-state index >= 15 is 0 Å². The van der Waals surface area contributed by atoms with Gasteiger partial charge in [0.05, 0.1) is 19.6 Å². The van der Waals surface area contributed by atoms with Gasteiger partial charge in [0, 0.05) is 0 Å². The quantitative estimate of drug-likeness (QED) is 0.789. The van der Waals surface area contributed by atoms with Gasteiger partial charge in [0.2, 0.25) is 0 Å². The minimum atomic E-state index is -0.828. The van der Waals surface area contributed by atoms with Crippen LogP contribution in [0.4, 0.5) is 0 Å². The van der Waals surface area contributed by atoms with Crippen molar-refractivity contribution in [3.05, 3.63) is 59.2 Å². The fourth-order valence-electron chi connectivity index (χ4n) is 2.64. The zero-order valence-corrected chi connectivity index (χ0v) is 14.4. The Morgan fingerprint density at radius 1 is 1.17 bits per heavy atom. The SMILES string of the molecule is CCCOc1ccc(CC(C(=O)O)c2ccc(OC)c(C)c2)cc1. The van der Waals surface area contributed by atoms with Crippen molar-refractivity contribution in [1.29, 1.82) is 0 Å². The number of hydrogen-bond acceptors (Lipinski definition) is 3. The van der Waals surface area contributed by atoms with Crippen molar-refractivity contribution >= 4 is 5.97 Å². The van der Waals surface area contributed by atoms with E-state index in [-0.39, 0.29) is 0 Å². The molecule has 0 aliphatic rings. The van der Waals surface area contributed by atoms with Crippen LogP contribution in [0.3, 0.4) is 0 Å². The smallest absolute Gasteiger partial charge is 0.311 e. The van der Waals surface area contributed by atoms with Crippen LogP contribution >= 0.6 is 0 Å². The fraction of sp³-hybridized carbons (Fsp3) is 0.350. The Hall–Kier alpha value is -2.49. The van der Waals surface area contributed by atoms with Gasteiger partial charge in [-0.15, -0.1) is 0 Å². The first-order chi connectivity index (χ1) is 11.5. The third-order valence-electron chi connectivity index (χ3n) is 3.96. The predicted molar refractivity (Wildman–Crippen MR) is 94.0 cm³/mol. The van der Waals surface area contributed by atoms with Gasteiger partial charge in [-0.3, -0.25) is 4.79 Å². The first kappa shape index (κ1) is 17.9. The third kappa shape index (κ3) is 4.51. The average molecular weight is 328 g/mol. The van der Waals surface area contributed by atoms with E-state index in [2.05, 4.69) is 6.92 Å². The lowest BCUT2D eigenvalue weighted by Crippen LogP contribution is -2.14. The number of benzene rings is 2. The van der Waals surface area contributed by atoms with Gasteiger partial charge >= 0.3 is 5.97 Å². The van der Waals surface area contributed by atoms with Gasteiger partial charge in [-0.25, -0.2) is 0 Å². The van der Waals surface area contributed by atoms with Crippen LogP contribution in [0.25, 0.3) is 0 Å². The van der Waals surface area contributed by atoms with Crippen LogP contribution in [0, 0.1) is 6.92 Å². The van der Waals surface area contributed by atoms with Gasteiger partial charge in [-0.05, 0) is 54.7 Å². The van der Waals surface area contributed by atoms with Gasteiger partial charge in [-0.2, -0.15) is 0 Å². The molecule has 0 heterocycles. The molecule has 24 heavy (non-hydrogen) atoms. The minimum Gasteiger partial charge on any atom is -0.496 e. The molecule has 2 aromatic carbocycles. The number of carboxylic acids is 1. The summed E-state index contributed by atoms with van der Waals surface area (Å²) in [5, 5.41) is 9.62. The number of ether oxygens (including phenoxy) is 2. The van der Waals surface area contributed by atoms with E-state index < -0.39 is 11.9 Å². The van der Waals surface area contributed by atoms with Gasteiger partial charge in [0.1, 0.15) is 11.5 Å². The average Bonchev–Trinajstić information content (AvgIpc) is 2.58. The highest BCUT2D eigenvalue weighted by molar-refractivity contribution is 5.76. The summed E-state index contributed by atoms with van der Waals surface area (Å²) in [6, 6.07) is 13.2. The lowest BCUT2D eigenvalue weighted by molar-refractivity contribution is -0.138. The molecule has 2 rings (SSSR count). The summed E-state index contributed by atoms with van der Waals surface area (Å²) in [5.41, 5.74) is 2.69. The minimum absolute atomic E-state index is 0.440. The number of carbonyl (C=O) groups is 1. The van der Waals surface area contributed by atoms with E-state index in [1.807, 2.05) is 49.4 Å². The number of aryl methyl sites for hydroxylation is 1. The molecule has 1 atom stereocenters.